The van der Waals surface area contributed by atoms with Crippen LogP contribution in [0.1, 0.15) is 6.92 Å². The number of anilines is 1. The predicted octanol–water partition coefficient (Wildman–Crippen LogP) is 2.67. The quantitative estimate of drug-likeness (QED) is 0.622. The SMILES string of the molecule is CC(Cl)C(=O)Nc1cc(F)c(F)cc1F. The number of halogens is 4. The number of amides is 1. The molecule has 0 heterocycles. The summed E-state index contributed by atoms with van der Waals surface area (Å²) in [5.74, 6) is -4.31. The average molecular weight is 238 g/mol. The van der Waals surface area contributed by atoms with Gasteiger partial charge in [-0.3, -0.25) is 4.79 Å². The highest BCUT2D eigenvalue weighted by Gasteiger charge is 2.14. The van der Waals surface area contributed by atoms with E-state index in [-0.39, 0.29) is 0 Å². The first-order chi connectivity index (χ1) is 6.91. The maximum atomic E-state index is 13.0. The van der Waals surface area contributed by atoms with Crippen molar-refractivity contribution in [3.8, 4) is 0 Å². The smallest absolute Gasteiger partial charge is 0.242 e. The van der Waals surface area contributed by atoms with Gasteiger partial charge in [-0.1, -0.05) is 0 Å². The second-order valence-electron chi connectivity index (χ2n) is 2.85. The molecule has 1 N–H and O–H groups in total. The predicted molar refractivity (Wildman–Crippen MR) is 50.3 cm³/mol. The average Bonchev–Trinajstić information content (AvgIpc) is 2.13. The third-order valence-corrected chi connectivity index (χ3v) is 1.83. The molecule has 15 heavy (non-hydrogen) atoms. The third kappa shape index (κ3) is 2.86. The zero-order valence-corrected chi connectivity index (χ0v) is 8.41. The molecule has 0 bridgehead atoms. The Hall–Kier alpha value is -1.23. The molecule has 1 amide bonds. The lowest BCUT2D eigenvalue weighted by Gasteiger charge is -2.07. The van der Waals surface area contributed by atoms with Gasteiger partial charge >= 0.3 is 0 Å². The largest absolute Gasteiger partial charge is 0.322 e. The second kappa shape index (κ2) is 4.53. The lowest BCUT2D eigenvalue weighted by atomic mass is 10.2. The number of carbonyl (C=O) groups excluding carboxylic acids is 1. The summed E-state index contributed by atoms with van der Waals surface area (Å²) in [4.78, 5) is 11.0. The Bertz CT molecular complexity index is 395. The summed E-state index contributed by atoms with van der Waals surface area (Å²) in [5.41, 5.74) is -0.439. The number of hydrogen-bond acceptors (Lipinski definition) is 1. The van der Waals surface area contributed by atoms with Gasteiger partial charge in [-0.15, -0.1) is 11.6 Å². The number of benzene rings is 1. The van der Waals surface area contributed by atoms with Gasteiger partial charge in [-0.25, -0.2) is 13.2 Å². The molecular formula is C9H7ClF3NO. The highest BCUT2D eigenvalue weighted by Crippen LogP contribution is 2.18. The molecule has 1 unspecified atom stereocenters. The second-order valence-corrected chi connectivity index (χ2v) is 3.51. The molecule has 1 rings (SSSR count). The van der Waals surface area contributed by atoms with E-state index in [1.165, 1.54) is 6.92 Å². The van der Waals surface area contributed by atoms with E-state index in [0.29, 0.717) is 12.1 Å². The highest BCUT2D eigenvalue weighted by atomic mass is 35.5. The summed E-state index contributed by atoms with van der Waals surface area (Å²) in [7, 11) is 0. The molecule has 0 aliphatic rings. The van der Waals surface area contributed by atoms with Gasteiger partial charge < -0.3 is 5.32 Å². The summed E-state index contributed by atoms with van der Waals surface area (Å²) >= 11 is 5.40. The zero-order valence-electron chi connectivity index (χ0n) is 7.65. The van der Waals surface area contributed by atoms with Gasteiger partial charge in [0.25, 0.3) is 0 Å². The summed E-state index contributed by atoms with van der Waals surface area (Å²) in [6.45, 7) is 1.37. The molecule has 0 saturated carbocycles. The molecule has 0 fully saturated rings. The summed E-state index contributed by atoms with van der Waals surface area (Å²) in [5, 5.41) is 1.13. The molecular weight excluding hydrogens is 231 g/mol. The molecule has 1 aromatic carbocycles. The van der Waals surface area contributed by atoms with E-state index in [4.69, 9.17) is 11.6 Å². The van der Waals surface area contributed by atoms with Gasteiger partial charge in [0, 0.05) is 12.1 Å². The normalized spacial score (nSPS) is 12.3. The van der Waals surface area contributed by atoms with Gasteiger partial charge in [-0.2, -0.15) is 0 Å². The van der Waals surface area contributed by atoms with E-state index in [1.54, 1.807) is 0 Å². The van der Waals surface area contributed by atoms with Crippen LogP contribution in [-0.2, 0) is 4.79 Å². The van der Waals surface area contributed by atoms with E-state index < -0.39 is 34.4 Å². The van der Waals surface area contributed by atoms with Gasteiger partial charge in [-0.05, 0) is 6.92 Å². The number of alkyl halides is 1. The molecule has 0 radical (unpaired) electrons. The van der Waals surface area contributed by atoms with Crippen LogP contribution in [0.2, 0.25) is 0 Å². The molecule has 0 saturated heterocycles. The Morgan fingerprint density at radius 2 is 1.80 bits per heavy atom. The summed E-state index contributed by atoms with van der Waals surface area (Å²) < 4.78 is 38.2. The first kappa shape index (κ1) is 11.8. The van der Waals surface area contributed by atoms with Crippen LogP contribution in [0.15, 0.2) is 12.1 Å². The fraction of sp³-hybridized carbons (Fsp3) is 0.222. The lowest BCUT2D eigenvalue weighted by Crippen LogP contribution is -2.21. The maximum Gasteiger partial charge on any atom is 0.242 e. The minimum absolute atomic E-state index is 0.351. The number of rotatable bonds is 2. The van der Waals surface area contributed by atoms with E-state index in [2.05, 4.69) is 0 Å². The van der Waals surface area contributed by atoms with E-state index >= 15 is 0 Å². The van der Waals surface area contributed by atoms with E-state index in [9.17, 15) is 18.0 Å². The van der Waals surface area contributed by atoms with Crippen molar-refractivity contribution < 1.29 is 18.0 Å². The van der Waals surface area contributed by atoms with Crippen LogP contribution >= 0.6 is 11.6 Å². The standard InChI is InChI=1S/C9H7ClF3NO/c1-4(10)9(15)14-8-3-6(12)5(11)2-7(8)13/h2-4H,1H3,(H,14,15). The molecule has 6 heteroatoms. The Balaban J connectivity index is 2.96. The minimum Gasteiger partial charge on any atom is -0.322 e. The van der Waals surface area contributed by atoms with Crippen LogP contribution in [0.25, 0.3) is 0 Å². The van der Waals surface area contributed by atoms with Gasteiger partial charge in [0.15, 0.2) is 11.6 Å². The van der Waals surface area contributed by atoms with Gasteiger partial charge in [0.2, 0.25) is 5.91 Å². The first-order valence-electron chi connectivity index (χ1n) is 4.01. The number of carbonyl (C=O) groups is 1. The molecule has 0 aliphatic heterocycles. The fourth-order valence-corrected chi connectivity index (χ4v) is 0.905. The van der Waals surface area contributed by atoms with Crippen LogP contribution < -0.4 is 5.32 Å². The summed E-state index contributed by atoms with van der Waals surface area (Å²) in [6, 6.07) is 0.908. The van der Waals surface area contributed by atoms with Crippen LogP contribution in [0, 0.1) is 17.5 Å². The van der Waals surface area contributed by atoms with Crippen molar-refractivity contribution in [1.82, 2.24) is 0 Å². The Kier molecular flexibility index (Phi) is 3.57. The fourth-order valence-electron chi connectivity index (χ4n) is 0.851. The topological polar surface area (TPSA) is 29.1 Å². The van der Waals surface area contributed by atoms with Gasteiger partial charge in [0.05, 0.1) is 5.69 Å². The summed E-state index contributed by atoms with van der Waals surface area (Å²) in [6.07, 6.45) is 0. The number of nitrogens with one attached hydrogen (secondary N) is 1. The van der Waals surface area contributed by atoms with Gasteiger partial charge in [0.1, 0.15) is 11.2 Å². The van der Waals surface area contributed by atoms with Crippen molar-refractivity contribution in [3.63, 3.8) is 0 Å². The molecule has 1 atom stereocenters. The van der Waals surface area contributed by atoms with E-state index in [0.717, 1.165) is 0 Å². The van der Waals surface area contributed by atoms with Crippen molar-refractivity contribution in [2.24, 2.45) is 0 Å². The molecule has 0 spiro atoms. The molecule has 0 aliphatic carbocycles. The maximum absolute atomic E-state index is 13.0. The third-order valence-electron chi connectivity index (χ3n) is 1.63. The van der Waals surface area contributed by atoms with Crippen LogP contribution in [0.4, 0.5) is 18.9 Å². The molecule has 82 valence electrons. The molecule has 1 aromatic rings. The molecule has 2 nitrogen and oxygen atoms in total. The zero-order chi connectivity index (χ0) is 11.6. The Labute approximate surface area is 89.0 Å². The Morgan fingerprint density at radius 1 is 1.27 bits per heavy atom. The van der Waals surface area contributed by atoms with Crippen molar-refractivity contribution in [2.45, 2.75) is 12.3 Å². The van der Waals surface area contributed by atoms with Crippen LogP contribution in [-0.4, -0.2) is 11.3 Å². The van der Waals surface area contributed by atoms with Crippen LogP contribution in [0.5, 0.6) is 0 Å². The number of hydrogen-bond donors (Lipinski definition) is 1. The van der Waals surface area contributed by atoms with Crippen molar-refractivity contribution in [2.75, 3.05) is 5.32 Å². The van der Waals surface area contributed by atoms with Crippen molar-refractivity contribution in [1.29, 1.82) is 0 Å². The highest BCUT2D eigenvalue weighted by molar-refractivity contribution is 6.32. The van der Waals surface area contributed by atoms with Crippen molar-refractivity contribution >= 4 is 23.2 Å². The van der Waals surface area contributed by atoms with E-state index in [1.807, 2.05) is 5.32 Å². The monoisotopic (exact) mass is 237 g/mol. The van der Waals surface area contributed by atoms with Crippen LogP contribution in [0.3, 0.4) is 0 Å². The lowest BCUT2D eigenvalue weighted by molar-refractivity contribution is -0.115. The van der Waals surface area contributed by atoms with Crippen molar-refractivity contribution in [3.05, 3.63) is 29.6 Å². The molecule has 0 aromatic heterocycles. The minimum atomic E-state index is -1.32. The Morgan fingerprint density at radius 3 is 2.33 bits per heavy atom. The first-order valence-corrected chi connectivity index (χ1v) is 4.45.